The van der Waals surface area contributed by atoms with Crippen molar-refractivity contribution in [3.63, 3.8) is 0 Å². The Hall–Kier alpha value is -0.0831. The van der Waals surface area contributed by atoms with Crippen LogP contribution in [0.4, 0.5) is 0 Å². The summed E-state index contributed by atoms with van der Waals surface area (Å²) in [5.41, 5.74) is 2.16. The third-order valence-corrected chi connectivity index (χ3v) is 4.66. The van der Waals surface area contributed by atoms with Crippen molar-refractivity contribution >= 4 is 8.96 Å². The Bertz CT molecular complexity index is 91.3. The van der Waals surface area contributed by atoms with E-state index < -0.39 is 8.96 Å². The fourth-order valence-electron chi connectivity index (χ4n) is 1.00. The molecule has 0 aliphatic rings. The minimum absolute atomic E-state index is 0.707. The van der Waals surface area contributed by atoms with Crippen LogP contribution >= 0.6 is 0 Å². The quantitative estimate of drug-likeness (QED) is 0.550. The molecule has 0 bridgehead atoms. The second kappa shape index (κ2) is 5.68. The van der Waals surface area contributed by atoms with Crippen molar-refractivity contribution in [3.8, 4) is 0 Å². The molecule has 0 aliphatic carbocycles. The third-order valence-electron chi connectivity index (χ3n) is 1.79. The highest BCUT2D eigenvalue weighted by Gasteiger charge is 2.06. The first kappa shape index (κ1) is 9.92. The lowest BCUT2D eigenvalue weighted by Crippen LogP contribution is -2.30. The maximum absolute atomic E-state index is 3.86. The fourth-order valence-corrected chi connectivity index (χ4v) is 3.00. The molecular formula is C8H19NSi. The molecule has 0 aromatic heterocycles. The van der Waals surface area contributed by atoms with Crippen LogP contribution in [0, 0.1) is 0 Å². The molecule has 10 heavy (non-hydrogen) atoms. The normalized spacial score (nSPS) is 13.6. The van der Waals surface area contributed by atoms with Crippen LogP contribution in [0.25, 0.3) is 0 Å². The average Bonchev–Trinajstić information content (AvgIpc) is 1.89. The van der Waals surface area contributed by atoms with Gasteiger partial charge >= 0.3 is 0 Å². The van der Waals surface area contributed by atoms with E-state index in [9.17, 15) is 0 Å². The van der Waals surface area contributed by atoms with Crippen LogP contribution < -0.4 is 0 Å². The van der Waals surface area contributed by atoms with Crippen LogP contribution in [0.5, 0.6) is 0 Å². The van der Waals surface area contributed by atoms with Gasteiger partial charge < -0.3 is 4.57 Å². The summed E-state index contributed by atoms with van der Waals surface area (Å²) in [4.78, 5) is 0. The first-order chi connectivity index (χ1) is 4.72. The maximum Gasteiger partial charge on any atom is 0.135 e. The standard InChI is InChI=1S/C8H19NSi/c1-5-7-8-10(6-2)9(3)4/h6,10H,2,5,7-8H2,1,3-4H3. The van der Waals surface area contributed by atoms with Gasteiger partial charge in [0.2, 0.25) is 0 Å². The van der Waals surface area contributed by atoms with E-state index in [1.807, 2.05) is 0 Å². The van der Waals surface area contributed by atoms with Crippen LogP contribution in [0.1, 0.15) is 19.8 Å². The zero-order valence-electron chi connectivity index (χ0n) is 7.43. The van der Waals surface area contributed by atoms with Crippen LogP contribution in [-0.2, 0) is 0 Å². The zero-order chi connectivity index (χ0) is 7.98. The molecule has 0 fully saturated rings. The summed E-state index contributed by atoms with van der Waals surface area (Å²) in [6.07, 6.45) is 2.67. The van der Waals surface area contributed by atoms with Crippen LogP contribution in [-0.4, -0.2) is 27.6 Å². The first-order valence-corrected chi connectivity index (χ1v) is 6.01. The molecule has 0 heterocycles. The van der Waals surface area contributed by atoms with Gasteiger partial charge in [0.1, 0.15) is 8.96 Å². The highest BCUT2D eigenvalue weighted by Crippen LogP contribution is 2.03. The van der Waals surface area contributed by atoms with Crippen LogP contribution in [0.15, 0.2) is 12.3 Å². The van der Waals surface area contributed by atoms with Crippen molar-refractivity contribution in [3.05, 3.63) is 12.3 Å². The largest absolute Gasteiger partial charge is 0.328 e. The number of unbranched alkanes of at least 4 members (excludes halogenated alkanes) is 1. The van der Waals surface area contributed by atoms with E-state index >= 15 is 0 Å². The summed E-state index contributed by atoms with van der Waals surface area (Å²) >= 11 is 0. The van der Waals surface area contributed by atoms with E-state index in [1.54, 1.807) is 0 Å². The SMILES string of the molecule is C=C[SiH](CCCC)N(C)C. The average molecular weight is 157 g/mol. The van der Waals surface area contributed by atoms with E-state index in [1.165, 1.54) is 18.9 Å². The molecule has 0 radical (unpaired) electrons. The molecule has 0 saturated heterocycles. The van der Waals surface area contributed by atoms with Crippen molar-refractivity contribution < 1.29 is 0 Å². The van der Waals surface area contributed by atoms with Gasteiger partial charge in [0.05, 0.1) is 0 Å². The Morgan fingerprint density at radius 3 is 2.40 bits per heavy atom. The minimum atomic E-state index is -0.707. The fraction of sp³-hybridized carbons (Fsp3) is 0.750. The molecule has 60 valence electrons. The van der Waals surface area contributed by atoms with Gasteiger partial charge in [0, 0.05) is 0 Å². The Morgan fingerprint density at radius 1 is 1.50 bits per heavy atom. The van der Waals surface area contributed by atoms with Gasteiger partial charge in [-0.25, -0.2) is 0 Å². The zero-order valence-corrected chi connectivity index (χ0v) is 8.59. The highest BCUT2D eigenvalue weighted by molar-refractivity contribution is 6.61. The minimum Gasteiger partial charge on any atom is -0.328 e. The van der Waals surface area contributed by atoms with E-state index in [0.29, 0.717) is 0 Å². The van der Waals surface area contributed by atoms with Gasteiger partial charge in [-0.2, -0.15) is 0 Å². The van der Waals surface area contributed by atoms with Crippen molar-refractivity contribution in [1.29, 1.82) is 0 Å². The topological polar surface area (TPSA) is 3.24 Å². The summed E-state index contributed by atoms with van der Waals surface area (Å²) in [5, 5.41) is 0. The van der Waals surface area contributed by atoms with E-state index in [2.05, 4.69) is 37.9 Å². The van der Waals surface area contributed by atoms with Crippen molar-refractivity contribution in [2.24, 2.45) is 0 Å². The van der Waals surface area contributed by atoms with E-state index in [0.717, 1.165) is 0 Å². The Labute approximate surface area is 66.4 Å². The van der Waals surface area contributed by atoms with E-state index in [4.69, 9.17) is 0 Å². The lowest BCUT2D eigenvalue weighted by Gasteiger charge is -2.17. The maximum atomic E-state index is 3.86. The second-order valence-corrected chi connectivity index (χ2v) is 6.13. The monoisotopic (exact) mass is 157 g/mol. The summed E-state index contributed by atoms with van der Waals surface area (Å²) in [5.74, 6) is 0. The van der Waals surface area contributed by atoms with Crippen LogP contribution in [0.3, 0.4) is 0 Å². The predicted molar refractivity (Wildman–Crippen MR) is 50.7 cm³/mol. The summed E-state index contributed by atoms with van der Waals surface area (Å²) in [6.45, 7) is 6.10. The second-order valence-electron chi connectivity index (χ2n) is 2.91. The molecule has 1 unspecified atom stereocenters. The molecule has 0 aromatic carbocycles. The van der Waals surface area contributed by atoms with Gasteiger partial charge in [-0.15, -0.1) is 6.58 Å². The van der Waals surface area contributed by atoms with Crippen molar-refractivity contribution in [2.75, 3.05) is 14.1 Å². The number of rotatable bonds is 5. The van der Waals surface area contributed by atoms with Gasteiger partial charge in [-0.1, -0.05) is 25.5 Å². The molecule has 0 spiro atoms. The molecule has 0 aliphatic heterocycles. The molecule has 0 saturated carbocycles. The third kappa shape index (κ3) is 3.85. The molecular weight excluding hydrogens is 138 g/mol. The van der Waals surface area contributed by atoms with Gasteiger partial charge in [-0.3, -0.25) is 0 Å². The molecule has 0 aromatic rings. The molecule has 0 rings (SSSR count). The highest BCUT2D eigenvalue weighted by atomic mass is 28.3. The smallest absolute Gasteiger partial charge is 0.135 e. The molecule has 1 atom stereocenters. The Kier molecular flexibility index (Phi) is 5.64. The van der Waals surface area contributed by atoms with Gasteiger partial charge in [0.25, 0.3) is 0 Å². The lowest BCUT2D eigenvalue weighted by atomic mass is 10.4. The van der Waals surface area contributed by atoms with Crippen molar-refractivity contribution in [2.45, 2.75) is 25.8 Å². The summed E-state index contributed by atoms with van der Waals surface area (Å²) in [7, 11) is 3.62. The number of nitrogens with zero attached hydrogens (tertiary/aromatic N) is 1. The van der Waals surface area contributed by atoms with Gasteiger partial charge in [-0.05, 0) is 20.1 Å². The van der Waals surface area contributed by atoms with Gasteiger partial charge in [0.15, 0.2) is 0 Å². The number of hydrogen-bond donors (Lipinski definition) is 0. The lowest BCUT2D eigenvalue weighted by molar-refractivity contribution is 0.637. The first-order valence-electron chi connectivity index (χ1n) is 4.01. The van der Waals surface area contributed by atoms with Crippen LogP contribution in [0.2, 0.25) is 6.04 Å². The predicted octanol–water partition coefficient (Wildman–Crippen LogP) is 1.80. The molecule has 1 nitrogen and oxygen atoms in total. The molecule has 0 N–H and O–H groups in total. The Balaban J connectivity index is 3.50. The Morgan fingerprint density at radius 2 is 2.10 bits per heavy atom. The number of hydrogen-bond acceptors (Lipinski definition) is 1. The molecule has 0 amide bonds. The van der Waals surface area contributed by atoms with E-state index in [-0.39, 0.29) is 0 Å². The summed E-state index contributed by atoms with van der Waals surface area (Å²) in [6, 6.07) is 1.38. The molecule has 2 heteroatoms. The summed E-state index contributed by atoms with van der Waals surface area (Å²) < 4.78 is 2.35. The van der Waals surface area contributed by atoms with Crippen molar-refractivity contribution in [1.82, 2.24) is 4.57 Å².